The smallest absolute Gasteiger partial charge is 0.329 e. The third kappa shape index (κ3) is 2.49. The highest BCUT2D eigenvalue weighted by Crippen LogP contribution is 2.32. The number of carboxylic acids is 1. The van der Waals surface area contributed by atoms with Crippen molar-refractivity contribution in [2.75, 3.05) is 0 Å². The van der Waals surface area contributed by atoms with E-state index in [0.717, 1.165) is 22.9 Å². The van der Waals surface area contributed by atoms with Crippen LogP contribution in [-0.2, 0) is 16.0 Å². The SMILES string of the molecule is O=C(Cc1c[nH]c2ccc(Cl)cc12)NC1(C(=O)O)CCC1. The average Bonchev–Trinajstić information content (AvgIpc) is 2.76. The fraction of sp³-hybridized carbons (Fsp3) is 0.333. The number of hydrogen-bond donors (Lipinski definition) is 3. The van der Waals surface area contributed by atoms with Crippen LogP contribution >= 0.6 is 11.6 Å². The minimum atomic E-state index is -1.07. The number of aromatic nitrogens is 1. The van der Waals surface area contributed by atoms with Crippen LogP contribution in [0.15, 0.2) is 24.4 Å². The standard InChI is InChI=1S/C15H15ClN2O3/c16-10-2-3-12-11(7-10)9(8-17-12)6-13(19)18-15(14(20)21)4-1-5-15/h2-3,7-8,17H,1,4-6H2,(H,18,19)(H,20,21). The molecule has 0 saturated heterocycles. The van der Waals surface area contributed by atoms with Gasteiger partial charge in [-0.2, -0.15) is 0 Å². The van der Waals surface area contributed by atoms with E-state index in [9.17, 15) is 14.7 Å². The zero-order chi connectivity index (χ0) is 15.0. The van der Waals surface area contributed by atoms with Crippen LogP contribution in [0.1, 0.15) is 24.8 Å². The number of aliphatic carboxylic acids is 1. The summed E-state index contributed by atoms with van der Waals surface area (Å²) in [6.45, 7) is 0. The van der Waals surface area contributed by atoms with Crippen molar-refractivity contribution < 1.29 is 14.7 Å². The van der Waals surface area contributed by atoms with Gasteiger partial charge >= 0.3 is 5.97 Å². The van der Waals surface area contributed by atoms with Crippen molar-refractivity contribution in [2.24, 2.45) is 0 Å². The molecule has 1 aliphatic carbocycles. The number of hydrogen-bond acceptors (Lipinski definition) is 2. The lowest BCUT2D eigenvalue weighted by Crippen LogP contribution is -2.59. The predicted molar refractivity (Wildman–Crippen MR) is 79.4 cm³/mol. The van der Waals surface area contributed by atoms with Crippen molar-refractivity contribution in [2.45, 2.75) is 31.2 Å². The zero-order valence-electron chi connectivity index (χ0n) is 11.3. The zero-order valence-corrected chi connectivity index (χ0v) is 12.0. The molecule has 0 bridgehead atoms. The van der Waals surface area contributed by atoms with Gasteiger partial charge in [-0.1, -0.05) is 11.6 Å². The molecule has 110 valence electrons. The number of halogens is 1. The van der Waals surface area contributed by atoms with Crippen molar-refractivity contribution in [3.05, 3.63) is 35.0 Å². The monoisotopic (exact) mass is 306 g/mol. The Bertz CT molecular complexity index is 719. The molecule has 3 rings (SSSR count). The molecule has 1 aromatic carbocycles. The summed E-state index contributed by atoms with van der Waals surface area (Å²) >= 11 is 5.97. The molecular weight excluding hydrogens is 292 g/mol. The highest BCUT2D eigenvalue weighted by Gasteiger charge is 2.45. The van der Waals surface area contributed by atoms with Gasteiger partial charge in [-0.05, 0) is 43.0 Å². The Morgan fingerprint density at radius 2 is 2.14 bits per heavy atom. The average molecular weight is 307 g/mol. The number of nitrogens with one attached hydrogen (secondary N) is 2. The minimum Gasteiger partial charge on any atom is -0.480 e. The number of H-pyrrole nitrogens is 1. The lowest BCUT2D eigenvalue weighted by molar-refractivity contribution is -0.151. The number of carbonyl (C=O) groups is 2. The van der Waals surface area contributed by atoms with Crippen LogP contribution < -0.4 is 5.32 Å². The molecule has 1 amide bonds. The first kappa shape index (κ1) is 13.9. The Labute approximate surface area is 126 Å². The highest BCUT2D eigenvalue weighted by molar-refractivity contribution is 6.31. The van der Waals surface area contributed by atoms with Crippen molar-refractivity contribution in [3.63, 3.8) is 0 Å². The Kier molecular flexibility index (Phi) is 3.37. The first-order chi connectivity index (χ1) is 10.00. The van der Waals surface area contributed by atoms with E-state index in [4.69, 9.17) is 11.6 Å². The van der Waals surface area contributed by atoms with E-state index >= 15 is 0 Å². The third-order valence-electron chi connectivity index (χ3n) is 4.08. The van der Waals surface area contributed by atoms with E-state index in [-0.39, 0.29) is 12.3 Å². The van der Waals surface area contributed by atoms with E-state index in [1.165, 1.54) is 0 Å². The van der Waals surface area contributed by atoms with Gasteiger partial charge in [0.25, 0.3) is 0 Å². The molecule has 3 N–H and O–H groups in total. The van der Waals surface area contributed by atoms with Crippen molar-refractivity contribution in [3.8, 4) is 0 Å². The Morgan fingerprint density at radius 3 is 2.76 bits per heavy atom. The maximum Gasteiger partial charge on any atom is 0.329 e. The molecule has 1 aliphatic rings. The van der Waals surface area contributed by atoms with Gasteiger partial charge in [0.1, 0.15) is 5.54 Å². The summed E-state index contributed by atoms with van der Waals surface area (Å²) in [4.78, 5) is 26.5. The summed E-state index contributed by atoms with van der Waals surface area (Å²) in [6, 6.07) is 5.42. The second-order valence-electron chi connectivity index (χ2n) is 5.47. The first-order valence-corrected chi connectivity index (χ1v) is 7.18. The molecule has 0 radical (unpaired) electrons. The van der Waals surface area contributed by atoms with Crippen LogP contribution in [0, 0.1) is 0 Å². The first-order valence-electron chi connectivity index (χ1n) is 6.80. The molecule has 0 atom stereocenters. The highest BCUT2D eigenvalue weighted by atomic mass is 35.5. The van der Waals surface area contributed by atoms with E-state index in [2.05, 4.69) is 10.3 Å². The van der Waals surface area contributed by atoms with E-state index < -0.39 is 11.5 Å². The van der Waals surface area contributed by atoms with Gasteiger partial charge in [0, 0.05) is 22.1 Å². The van der Waals surface area contributed by atoms with Crippen LogP contribution in [0.3, 0.4) is 0 Å². The van der Waals surface area contributed by atoms with Crippen LogP contribution in [0.25, 0.3) is 10.9 Å². The second-order valence-corrected chi connectivity index (χ2v) is 5.91. The van der Waals surface area contributed by atoms with Gasteiger partial charge in [-0.15, -0.1) is 0 Å². The van der Waals surface area contributed by atoms with Crippen molar-refractivity contribution in [1.82, 2.24) is 10.3 Å². The van der Waals surface area contributed by atoms with Gasteiger partial charge in [0.05, 0.1) is 6.42 Å². The molecule has 5 nitrogen and oxygen atoms in total. The maximum absolute atomic E-state index is 12.1. The van der Waals surface area contributed by atoms with Gasteiger partial charge in [0.2, 0.25) is 5.91 Å². The number of aromatic amines is 1. The Morgan fingerprint density at radius 1 is 1.38 bits per heavy atom. The molecule has 6 heteroatoms. The normalized spacial score (nSPS) is 16.4. The number of amides is 1. The second kappa shape index (κ2) is 5.07. The van der Waals surface area contributed by atoms with Crippen molar-refractivity contribution >= 4 is 34.4 Å². The van der Waals surface area contributed by atoms with Crippen LogP contribution in [0.4, 0.5) is 0 Å². The molecule has 0 unspecified atom stereocenters. The fourth-order valence-electron chi connectivity index (χ4n) is 2.70. The molecule has 0 aliphatic heterocycles. The lowest BCUT2D eigenvalue weighted by Gasteiger charge is -2.38. The van der Waals surface area contributed by atoms with E-state index in [1.54, 1.807) is 18.3 Å². The van der Waals surface area contributed by atoms with E-state index in [0.29, 0.717) is 17.9 Å². The third-order valence-corrected chi connectivity index (χ3v) is 4.31. The van der Waals surface area contributed by atoms with Crippen molar-refractivity contribution in [1.29, 1.82) is 0 Å². The van der Waals surface area contributed by atoms with Crippen LogP contribution in [-0.4, -0.2) is 27.5 Å². The van der Waals surface area contributed by atoms with E-state index in [1.807, 2.05) is 6.07 Å². The summed E-state index contributed by atoms with van der Waals surface area (Å²) in [5.41, 5.74) is 0.643. The summed E-state index contributed by atoms with van der Waals surface area (Å²) in [7, 11) is 0. The van der Waals surface area contributed by atoms with Gasteiger partial charge in [0.15, 0.2) is 0 Å². The summed E-state index contributed by atoms with van der Waals surface area (Å²) in [5, 5.41) is 13.4. The van der Waals surface area contributed by atoms with Crippen LogP contribution in [0.5, 0.6) is 0 Å². The van der Waals surface area contributed by atoms with Gasteiger partial charge in [-0.3, -0.25) is 4.79 Å². The molecule has 0 spiro atoms. The molecule has 1 aromatic heterocycles. The number of rotatable bonds is 4. The van der Waals surface area contributed by atoms with Crippen LogP contribution in [0.2, 0.25) is 5.02 Å². The summed E-state index contributed by atoms with van der Waals surface area (Å²) in [6.07, 6.45) is 3.71. The minimum absolute atomic E-state index is 0.134. The quantitative estimate of drug-likeness (QED) is 0.811. The largest absolute Gasteiger partial charge is 0.480 e. The fourth-order valence-corrected chi connectivity index (χ4v) is 2.88. The number of carbonyl (C=O) groups excluding carboxylic acids is 1. The van der Waals surface area contributed by atoms with Gasteiger partial charge < -0.3 is 15.4 Å². The lowest BCUT2D eigenvalue weighted by atomic mass is 9.76. The Balaban J connectivity index is 1.77. The molecule has 1 saturated carbocycles. The molecular formula is C15H15ClN2O3. The molecule has 21 heavy (non-hydrogen) atoms. The Hall–Kier alpha value is -2.01. The maximum atomic E-state index is 12.1. The molecule has 2 aromatic rings. The molecule has 1 fully saturated rings. The predicted octanol–water partition coefficient (Wildman–Crippen LogP) is 2.49. The summed E-state index contributed by atoms with van der Waals surface area (Å²) in [5.74, 6) is -1.23. The molecule has 1 heterocycles. The summed E-state index contributed by atoms with van der Waals surface area (Å²) < 4.78 is 0. The topological polar surface area (TPSA) is 82.2 Å². The number of fused-ring (bicyclic) bond motifs is 1. The number of benzene rings is 1. The number of carboxylic acid groups (broad SMARTS) is 1. The van der Waals surface area contributed by atoms with Gasteiger partial charge in [-0.25, -0.2) is 4.79 Å².